The molecule has 0 spiro atoms. The number of nitrogens with one attached hydrogen (secondary N) is 1. The fourth-order valence-corrected chi connectivity index (χ4v) is 3.87. The fourth-order valence-electron chi connectivity index (χ4n) is 2.83. The second-order valence-corrected chi connectivity index (χ2v) is 9.12. The van der Waals surface area contributed by atoms with Crippen LogP contribution in [0.2, 0.25) is 0 Å². The number of nitro benzene ring substituents is 1. The zero-order valence-electron chi connectivity index (χ0n) is 17.4. The molecule has 2 amide bonds. The van der Waals surface area contributed by atoms with E-state index in [0.29, 0.717) is 19.3 Å². The molecule has 1 rings (SSSR count). The number of carbonyl (C=O) groups excluding carboxylic acids is 2. The Labute approximate surface area is 194 Å². The molecular formula is C18H27IN3O8P. The van der Waals surface area contributed by atoms with Gasteiger partial charge in [-0.3, -0.25) is 24.2 Å². The molecular weight excluding hydrogens is 544 g/mol. The van der Waals surface area contributed by atoms with Crippen molar-refractivity contribution in [2.45, 2.75) is 58.6 Å². The largest absolute Gasteiger partial charge is 0.470 e. The summed E-state index contributed by atoms with van der Waals surface area (Å²) in [4.78, 5) is 56.1. The lowest BCUT2D eigenvalue weighted by molar-refractivity contribution is -0.384. The number of benzene rings is 1. The van der Waals surface area contributed by atoms with Crippen molar-refractivity contribution < 1.29 is 33.4 Å². The number of phosphoric ester groups is 1. The summed E-state index contributed by atoms with van der Waals surface area (Å²) < 4.78 is 18.9. The van der Waals surface area contributed by atoms with Gasteiger partial charge in [0.2, 0.25) is 0 Å². The quantitative estimate of drug-likeness (QED) is 0.112. The van der Waals surface area contributed by atoms with E-state index in [9.17, 15) is 34.1 Å². The molecule has 0 saturated heterocycles. The fraction of sp³-hybridized carbons (Fsp3) is 0.556. The van der Waals surface area contributed by atoms with E-state index in [-0.39, 0.29) is 23.7 Å². The van der Waals surface area contributed by atoms with Gasteiger partial charge in [0.25, 0.3) is 17.5 Å². The second-order valence-electron chi connectivity index (χ2n) is 7.30. The van der Waals surface area contributed by atoms with Crippen LogP contribution < -0.4 is 8.43 Å². The summed E-state index contributed by atoms with van der Waals surface area (Å²) in [5, 5.41) is 10.9. The summed E-state index contributed by atoms with van der Waals surface area (Å²) in [6.45, 7) is 5.62. The van der Waals surface area contributed by atoms with Gasteiger partial charge in [-0.25, -0.2) is 13.0 Å². The van der Waals surface area contributed by atoms with Crippen molar-refractivity contribution in [2.75, 3.05) is 4.90 Å². The third kappa shape index (κ3) is 8.91. The number of unbranched alkanes of at least 4 members (excludes halogenated alkanes) is 1. The van der Waals surface area contributed by atoms with E-state index in [2.05, 4.69) is 3.53 Å². The maximum absolute atomic E-state index is 13.3. The van der Waals surface area contributed by atoms with Crippen LogP contribution in [-0.4, -0.2) is 38.7 Å². The highest BCUT2D eigenvalue weighted by atomic mass is 127. The average molecular weight is 571 g/mol. The molecule has 0 saturated carbocycles. The van der Waals surface area contributed by atoms with Crippen molar-refractivity contribution in [1.29, 1.82) is 0 Å². The normalized spacial score (nSPS) is 13.6. The number of hydrogen-bond acceptors (Lipinski definition) is 7. The Morgan fingerprint density at radius 1 is 1.26 bits per heavy atom. The van der Waals surface area contributed by atoms with E-state index in [1.165, 1.54) is 12.1 Å². The Kier molecular flexibility index (Phi) is 11.2. The zero-order valence-corrected chi connectivity index (χ0v) is 20.5. The lowest BCUT2D eigenvalue weighted by Gasteiger charge is -2.29. The van der Waals surface area contributed by atoms with Crippen LogP contribution in [0.4, 0.5) is 11.4 Å². The molecule has 3 N–H and O–H groups in total. The van der Waals surface area contributed by atoms with Crippen LogP contribution in [-0.2, 0) is 18.7 Å². The molecule has 174 valence electrons. The Hall–Kier alpha value is -1.44. The molecule has 13 heteroatoms. The number of halogens is 1. The van der Waals surface area contributed by atoms with E-state index >= 15 is 0 Å². The number of rotatable bonds is 12. The van der Waals surface area contributed by atoms with Crippen LogP contribution >= 0.6 is 30.7 Å². The average Bonchev–Trinajstić information content (AvgIpc) is 2.68. The van der Waals surface area contributed by atoms with Crippen LogP contribution in [0.5, 0.6) is 0 Å². The van der Waals surface area contributed by atoms with E-state index < -0.39 is 36.7 Å². The Morgan fingerprint density at radius 3 is 2.26 bits per heavy atom. The second kappa shape index (κ2) is 12.6. The van der Waals surface area contributed by atoms with Crippen molar-refractivity contribution in [2.24, 2.45) is 5.92 Å². The molecule has 1 aromatic rings. The first-order valence-electron chi connectivity index (χ1n) is 9.63. The first kappa shape index (κ1) is 27.6. The number of phosphoric acid groups is 1. The maximum atomic E-state index is 13.3. The minimum Gasteiger partial charge on any atom is -0.303 e. The monoisotopic (exact) mass is 571 g/mol. The van der Waals surface area contributed by atoms with E-state index in [4.69, 9.17) is 4.52 Å². The molecule has 1 aromatic carbocycles. The smallest absolute Gasteiger partial charge is 0.303 e. The van der Waals surface area contributed by atoms with Crippen LogP contribution in [0.3, 0.4) is 0 Å². The number of hydrogen-bond donors (Lipinski definition) is 3. The van der Waals surface area contributed by atoms with Crippen molar-refractivity contribution in [3.63, 3.8) is 0 Å². The number of non-ortho nitro benzene ring substituents is 1. The van der Waals surface area contributed by atoms with Gasteiger partial charge in [0, 0.05) is 35.0 Å². The highest BCUT2D eigenvalue weighted by Crippen LogP contribution is 2.39. The number of carbonyl (C=O) groups is 2. The molecule has 0 heterocycles. The molecule has 0 aliphatic carbocycles. The minimum absolute atomic E-state index is 0.0102. The highest BCUT2D eigenvalue weighted by Gasteiger charge is 2.37. The van der Waals surface area contributed by atoms with Gasteiger partial charge >= 0.3 is 7.82 Å². The van der Waals surface area contributed by atoms with Gasteiger partial charge in [0.15, 0.2) is 0 Å². The predicted octanol–water partition coefficient (Wildman–Crippen LogP) is 3.48. The van der Waals surface area contributed by atoms with Gasteiger partial charge in [0.1, 0.15) is 6.10 Å². The lowest BCUT2D eigenvalue weighted by atomic mass is 10.0. The highest BCUT2D eigenvalue weighted by molar-refractivity contribution is 14.1. The van der Waals surface area contributed by atoms with E-state index in [1.807, 2.05) is 20.8 Å². The summed E-state index contributed by atoms with van der Waals surface area (Å²) in [6.07, 6.45) is -0.126. The van der Waals surface area contributed by atoms with Crippen molar-refractivity contribution >= 4 is 53.9 Å². The zero-order chi connectivity index (χ0) is 23.8. The number of imide groups is 1. The lowest BCUT2D eigenvalue weighted by Crippen LogP contribution is -2.51. The molecule has 0 fully saturated rings. The third-order valence-electron chi connectivity index (χ3n) is 4.26. The molecule has 0 aliphatic heterocycles. The molecule has 0 aromatic heterocycles. The summed E-state index contributed by atoms with van der Waals surface area (Å²) in [5.41, 5.74) is -0.194. The number of nitro groups is 1. The van der Waals surface area contributed by atoms with Crippen molar-refractivity contribution in [3.05, 3.63) is 34.4 Å². The predicted molar refractivity (Wildman–Crippen MR) is 122 cm³/mol. The molecule has 11 nitrogen and oxygen atoms in total. The molecule has 31 heavy (non-hydrogen) atoms. The third-order valence-corrected chi connectivity index (χ3v) is 5.54. The summed E-state index contributed by atoms with van der Waals surface area (Å²) in [5.74, 6) is -1.50. The van der Waals surface area contributed by atoms with Gasteiger partial charge in [0.05, 0.1) is 16.7 Å². The van der Waals surface area contributed by atoms with Gasteiger partial charge in [-0.1, -0.05) is 33.6 Å². The summed E-state index contributed by atoms with van der Waals surface area (Å²) in [6, 6.07) is 3.98. The van der Waals surface area contributed by atoms with Crippen LogP contribution in [0.25, 0.3) is 0 Å². The standard InChI is InChI=1S/C18H27IN3O8P/c1-4-5-6-16(30-31(27,28)29)18(24)21(17(23)15(20-19)11-12(2)3)13-7-9-14(10-8-13)22(25)26/h7-10,12,15-16,20H,4-6,11H2,1-3H3,(H2,27,28,29). The van der Waals surface area contributed by atoms with Gasteiger partial charge in [-0.2, -0.15) is 0 Å². The Bertz CT molecular complexity index is 815. The topological polar surface area (TPSA) is 159 Å². The summed E-state index contributed by atoms with van der Waals surface area (Å²) in [7, 11) is -5.02. The molecule has 0 aliphatic rings. The molecule has 2 unspecified atom stereocenters. The van der Waals surface area contributed by atoms with Gasteiger partial charge < -0.3 is 9.79 Å². The number of amides is 2. The van der Waals surface area contributed by atoms with E-state index in [0.717, 1.165) is 17.0 Å². The minimum atomic E-state index is -5.02. The Balaban J connectivity index is 3.43. The first-order chi connectivity index (χ1) is 14.4. The van der Waals surface area contributed by atoms with Crippen molar-refractivity contribution in [3.8, 4) is 0 Å². The summed E-state index contributed by atoms with van der Waals surface area (Å²) >= 11 is 1.80. The Morgan fingerprint density at radius 2 is 1.84 bits per heavy atom. The SMILES string of the molecule is CCCCC(OP(=O)(O)O)C(=O)N(C(=O)C(CC(C)C)NI)c1ccc([N+](=O)[O-])cc1. The molecule has 0 bridgehead atoms. The van der Waals surface area contributed by atoms with Gasteiger partial charge in [-0.05, 0) is 30.9 Å². The van der Waals surface area contributed by atoms with Crippen LogP contribution in [0, 0.1) is 16.0 Å². The van der Waals surface area contributed by atoms with Crippen LogP contribution in [0.1, 0.15) is 46.5 Å². The van der Waals surface area contributed by atoms with E-state index in [1.54, 1.807) is 22.9 Å². The maximum Gasteiger partial charge on any atom is 0.470 e. The first-order valence-corrected chi connectivity index (χ1v) is 12.2. The van der Waals surface area contributed by atoms with Gasteiger partial charge in [-0.15, -0.1) is 0 Å². The number of nitrogens with zero attached hydrogens (tertiary/aromatic N) is 2. The number of anilines is 1. The van der Waals surface area contributed by atoms with Crippen molar-refractivity contribution in [1.82, 2.24) is 3.53 Å². The molecule has 0 radical (unpaired) electrons. The molecule has 2 atom stereocenters. The van der Waals surface area contributed by atoms with Crippen LogP contribution in [0.15, 0.2) is 24.3 Å².